The first-order valence-corrected chi connectivity index (χ1v) is 14.7. The molecule has 7 aromatic carbocycles. The summed E-state index contributed by atoms with van der Waals surface area (Å²) in [5, 5.41) is 10.4. The molecule has 3 heterocycles. The number of fused-ring (bicyclic) bond motifs is 7. The molecule has 0 spiro atoms. The van der Waals surface area contributed by atoms with Crippen LogP contribution in [0.25, 0.3) is 93.5 Å². The summed E-state index contributed by atoms with van der Waals surface area (Å²) in [6.45, 7) is 0. The van der Waals surface area contributed by atoms with E-state index < -0.39 is 0 Å². The molecule has 0 amide bonds. The highest BCUT2D eigenvalue weighted by atomic mass is 14.9. The number of benzene rings is 7. The van der Waals surface area contributed by atoms with E-state index in [9.17, 15) is 0 Å². The third kappa shape index (κ3) is 3.03. The van der Waals surface area contributed by atoms with Crippen LogP contribution in [0.1, 0.15) is 0 Å². The van der Waals surface area contributed by atoms with Crippen LogP contribution >= 0.6 is 0 Å². The molecule has 10 rings (SSSR count). The van der Waals surface area contributed by atoms with Gasteiger partial charge in [-0.15, -0.1) is 0 Å². The van der Waals surface area contributed by atoms with Gasteiger partial charge in [0, 0.05) is 38.2 Å². The summed E-state index contributed by atoms with van der Waals surface area (Å²) in [5.41, 5.74) is 8.67. The molecule has 3 nitrogen and oxygen atoms in total. The van der Waals surface area contributed by atoms with Gasteiger partial charge < -0.3 is 4.40 Å². The molecule has 0 saturated heterocycles. The zero-order valence-corrected chi connectivity index (χ0v) is 23.1. The Bertz CT molecular complexity index is 2590. The summed E-state index contributed by atoms with van der Waals surface area (Å²) < 4.78 is 2.48. The normalized spacial score (nSPS) is 12.2. The van der Waals surface area contributed by atoms with Crippen molar-refractivity contribution in [2.75, 3.05) is 0 Å². The van der Waals surface area contributed by atoms with Crippen LogP contribution in [0.4, 0.5) is 0 Å². The largest absolute Gasteiger partial charge is 0.307 e. The van der Waals surface area contributed by atoms with Crippen molar-refractivity contribution in [1.82, 2.24) is 14.4 Å². The topological polar surface area (TPSA) is 30.2 Å². The van der Waals surface area contributed by atoms with Crippen LogP contribution in [0.2, 0.25) is 0 Å². The number of hydrogen-bond donors (Lipinski definition) is 0. The second-order valence-corrected chi connectivity index (χ2v) is 11.4. The van der Waals surface area contributed by atoms with Crippen molar-refractivity contribution < 1.29 is 0 Å². The van der Waals surface area contributed by atoms with E-state index in [0.717, 1.165) is 39.4 Å². The third-order valence-electron chi connectivity index (χ3n) is 9.10. The van der Waals surface area contributed by atoms with E-state index in [0.29, 0.717) is 0 Å². The molecule has 0 fully saturated rings. The standard InChI is InChI=1S/C40H23N3/c1-3-11-24(12-4-1)33-23-34(25-13-5-2-6-14-25)42-40(41-33)32-19-9-18-30-31-22-21-29-27-16-8-7-15-26(27)28-17-10-20-35-36(28)37(29)39(31)43(35)38(30)32/h1-23H. The van der Waals surface area contributed by atoms with Crippen LogP contribution < -0.4 is 0 Å². The van der Waals surface area contributed by atoms with Crippen molar-refractivity contribution in [3.63, 3.8) is 0 Å². The van der Waals surface area contributed by atoms with E-state index in [4.69, 9.17) is 9.97 Å². The third-order valence-corrected chi connectivity index (χ3v) is 9.10. The summed E-state index contributed by atoms with van der Waals surface area (Å²) in [6, 6.07) is 49.6. The maximum absolute atomic E-state index is 5.22. The first-order chi connectivity index (χ1) is 21.3. The van der Waals surface area contributed by atoms with Crippen LogP contribution in [0, 0.1) is 0 Å². The van der Waals surface area contributed by atoms with Gasteiger partial charge in [0.15, 0.2) is 5.82 Å². The lowest BCUT2D eigenvalue weighted by Crippen LogP contribution is -1.97. The average Bonchev–Trinajstić information content (AvgIpc) is 3.61. The summed E-state index contributed by atoms with van der Waals surface area (Å²) >= 11 is 0. The van der Waals surface area contributed by atoms with Gasteiger partial charge in [0.05, 0.1) is 27.9 Å². The Kier molecular flexibility index (Phi) is 4.45. The van der Waals surface area contributed by atoms with E-state index in [1.807, 2.05) is 12.1 Å². The van der Waals surface area contributed by atoms with Gasteiger partial charge >= 0.3 is 0 Å². The Morgan fingerprint density at radius 2 is 0.930 bits per heavy atom. The minimum atomic E-state index is 0.731. The van der Waals surface area contributed by atoms with Crippen molar-refractivity contribution >= 4 is 59.6 Å². The Labute approximate surface area is 247 Å². The van der Waals surface area contributed by atoms with Crippen LogP contribution in [-0.4, -0.2) is 14.4 Å². The minimum Gasteiger partial charge on any atom is -0.307 e. The molecule has 43 heavy (non-hydrogen) atoms. The zero-order valence-electron chi connectivity index (χ0n) is 23.1. The predicted molar refractivity (Wildman–Crippen MR) is 179 cm³/mol. The molecule has 0 atom stereocenters. The number of para-hydroxylation sites is 1. The quantitative estimate of drug-likeness (QED) is 0.207. The maximum atomic E-state index is 5.22. The maximum Gasteiger partial charge on any atom is 0.162 e. The van der Waals surface area contributed by atoms with Gasteiger partial charge in [-0.25, -0.2) is 9.97 Å². The molecular formula is C40H23N3. The number of rotatable bonds is 3. The van der Waals surface area contributed by atoms with E-state index in [2.05, 4.69) is 132 Å². The average molecular weight is 546 g/mol. The SMILES string of the molecule is c1ccc(-c2cc(-c3ccccc3)nc(-c3cccc4c5ccc6c7ccccc7c7cccc8c7c6c5n8c34)n2)cc1. The lowest BCUT2D eigenvalue weighted by Gasteiger charge is -2.11. The predicted octanol–water partition coefficient (Wildman–Crippen LogP) is 10.4. The molecule has 0 aliphatic rings. The fourth-order valence-electron chi connectivity index (χ4n) is 7.30. The highest BCUT2D eigenvalue weighted by molar-refractivity contribution is 6.39. The fourth-order valence-corrected chi connectivity index (χ4v) is 7.30. The Balaban J connectivity index is 1.37. The van der Waals surface area contributed by atoms with E-state index in [1.54, 1.807) is 0 Å². The van der Waals surface area contributed by atoms with Crippen molar-refractivity contribution in [2.45, 2.75) is 0 Å². The van der Waals surface area contributed by atoms with Gasteiger partial charge in [-0.05, 0) is 39.7 Å². The van der Waals surface area contributed by atoms with E-state index >= 15 is 0 Å². The van der Waals surface area contributed by atoms with Gasteiger partial charge in [-0.3, -0.25) is 0 Å². The van der Waals surface area contributed by atoms with Crippen LogP contribution in [0.5, 0.6) is 0 Å². The van der Waals surface area contributed by atoms with Crippen LogP contribution in [0.15, 0.2) is 140 Å². The van der Waals surface area contributed by atoms with Crippen molar-refractivity contribution in [3.05, 3.63) is 140 Å². The minimum absolute atomic E-state index is 0.731. The smallest absolute Gasteiger partial charge is 0.162 e. The summed E-state index contributed by atoms with van der Waals surface area (Å²) in [4.78, 5) is 10.4. The molecule has 0 aliphatic heterocycles. The molecular weight excluding hydrogens is 522 g/mol. The zero-order chi connectivity index (χ0) is 28.1. The van der Waals surface area contributed by atoms with Gasteiger partial charge in [-0.2, -0.15) is 0 Å². The van der Waals surface area contributed by atoms with E-state index in [1.165, 1.54) is 54.1 Å². The van der Waals surface area contributed by atoms with Gasteiger partial charge in [0.1, 0.15) is 0 Å². The van der Waals surface area contributed by atoms with Crippen molar-refractivity contribution in [2.24, 2.45) is 0 Å². The first-order valence-electron chi connectivity index (χ1n) is 14.7. The van der Waals surface area contributed by atoms with Gasteiger partial charge in [0.2, 0.25) is 0 Å². The molecule has 3 aromatic heterocycles. The number of hydrogen-bond acceptors (Lipinski definition) is 2. The van der Waals surface area contributed by atoms with E-state index in [-0.39, 0.29) is 0 Å². The van der Waals surface area contributed by atoms with Crippen molar-refractivity contribution in [3.8, 4) is 33.9 Å². The van der Waals surface area contributed by atoms with Crippen LogP contribution in [-0.2, 0) is 0 Å². The Morgan fingerprint density at radius 1 is 0.395 bits per heavy atom. The molecule has 3 heteroatoms. The molecule has 0 saturated carbocycles. The lowest BCUT2D eigenvalue weighted by molar-refractivity contribution is 1.18. The van der Waals surface area contributed by atoms with Gasteiger partial charge in [-0.1, -0.05) is 121 Å². The lowest BCUT2D eigenvalue weighted by atomic mass is 9.93. The molecule has 198 valence electrons. The molecule has 10 aromatic rings. The Morgan fingerprint density at radius 3 is 1.63 bits per heavy atom. The summed E-state index contributed by atoms with van der Waals surface area (Å²) in [7, 11) is 0. The Hall–Kier alpha value is -5.80. The highest BCUT2D eigenvalue weighted by Crippen LogP contribution is 2.48. The number of nitrogens with zero attached hydrogens (tertiary/aromatic N) is 3. The summed E-state index contributed by atoms with van der Waals surface area (Å²) in [6.07, 6.45) is 0. The first kappa shape index (κ1) is 22.8. The monoisotopic (exact) mass is 545 g/mol. The van der Waals surface area contributed by atoms with Gasteiger partial charge in [0.25, 0.3) is 0 Å². The summed E-state index contributed by atoms with van der Waals surface area (Å²) in [5.74, 6) is 0.731. The van der Waals surface area contributed by atoms with Crippen molar-refractivity contribution in [1.29, 1.82) is 0 Å². The molecule has 0 N–H and O–H groups in total. The second-order valence-electron chi connectivity index (χ2n) is 11.4. The second kappa shape index (κ2) is 8.37. The van der Waals surface area contributed by atoms with Crippen LogP contribution in [0.3, 0.4) is 0 Å². The molecule has 0 radical (unpaired) electrons. The molecule has 0 aliphatic carbocycles. The fraction of sp³-hybridized carbons (Fsp3) is 0. The molecule has 0 unspecified atom stereocenters. The molecule has 0 bridgehead atoms. The highest BCUT2D eigenvalue weighted by Gasteiger charge is 2.24. The number of aromatic nitrogens is 3.